The second kappa shape index (κ2) is 10.3. The van der Waals surface area contributed by atoms with Crippen molar-refractivity contribution in [1.82, 2.24) is 10.4 Å². The smallest absolute Gasteiger partial charge is 0.271 e. The molecule has 5 rings (SSSR count). The molecule has 0 fully saturated rings. The highest BCUT2D eigenvalue weighted by Crippen LogP contribution is 2.26. The molecular formula is C30H22BrN3O3. The van der Waals surface area contributed by atoms with Crippen LogP contribution in [0.15, 0.2) is 104 Å². The van der Waals surface area contributed by atoms with Crippen molar-refractivity contribution in [2.75, 3.05) is 0 Å². The Morgan fingerprint density at radius 2 is 1.49 bits per heavy atom. The number of amides is 1. The topological polar surface area (TPSA) is 84.6 Å². The van der Waals surface area contributed by atoms with E-state index < -0.39 is 5.91 Å². The Morgan fingerprint density at radius 1 is 0.892 bits per heavy atom. The fourth-order valence-corrected chi connectivity index (χ4v) is 4.20. The molecule has 0 atom stereocenters. The van der Waals surface area contributed by atoms with Crippen molar-refractivity contribution in [3.8, 4) is 22.5 Å². The maximum absolute atomic E-state index is 13.1. The van der Waals surface area contributed by atoms with Crippen LogP contribution in [0.5, 0.6) is 0 Å². The number of aromatic nitrogens is 1. The highest BCUT2D eigenvalue weighted by atomic mass is 79.9. The maximum Gasteiger partial charge on any atom is 0.271 e. The Labute approximate surface area is 221 Å². The van der Waals surface area contributed by atoms with Gasteiger partial charge in [-0.2, -0.15) is 5.10 Å². The zero-order valence-corrected chi connectivity index (χ0v) is 21.7. The number of hydrogen-bond acceptors (Lipinski definition) is 5. The van der Waals surface area contributed by atoms with E-state index in [1.54, 1.807) is 30.3 Å². The summed E-state index contributed by atoms with van der Waals surface area (Å²) in [7, 11) is 0. The summed E-state index contributed by atoms with van der Waals surface area (Å²) in [5, 5.41) is 4.44. The zero-order valence-electron chi connectivity index (χ0n) is 20.2. The Morgan fingerprint density at radius 3 is 2.08 bits per heavy atom. The van der Waals surface area contributed by atoms with Gasteiger partial charge in [0.2, 0.25) is 5.43 Å². The first kappa shape index (κ1) is 24.3. The molecule has 37 heavy (non-hydrogen) atoms. The average Bonchev–Trinajstić information content (AvgIpc) is 2.91. The number of nitrogens with zero attached hydrogens (tertiary/aromatic N) is 2. The Hall–Kier alpha value is -4.36. The van der Waals surface area contributed by atoms with Gasteiger partial charge < -0.3 is 4.42 Å². The SMILES string of the molecule is Cc1ccc(-c2cc(C(=O)N/N=C/c3coc4ccc(Br)cc4c3=O)cc(-c3ccc(C)cc3)n2)cc1. The van der Waals surface area contributed by atoms with E-state index in [0.717, 1.165) is 26.7 Å². The van der Waals surface area contributed by atoms with E-state index in [4.69, 9.17) is 9.40 Å². The minimum Gasteiger partial charge on any atom is -0.463 e. The lowest BCUT2D eigenvalue weighted by molar-refractivity contribution is 0.0955. The Kier molecular flexibility index (Phi) is 6.79. The van der Waals surface area contributed by atoms with Crippen molar-refractivity contribution in [1.29, 1.82) is 0 Å². The third-order valence-electron chi connectivity index (χ3n) is 5.91. The third-order valence-corrected chi connectivity index (χ3v) is 6.41. The summed E-state index contributed by atoms with van der Waals surface area (Å²) in [4.78, 5) is 30.7. The van der Waals surface area contributed by atoms with Crippen LogP contribution < -0.4 is 10.9 Å². The molecule has 0 aliphatic carbocycles. The first-order chi connectivity index (χ1) is 17.9. The van der Waals surface area contributed by atoms with E-state index in [1.807, 2.05) is 62.4 Å². The zero-order chi connectivity index (χ0) is 25.9. The lowest BCUT2D eigenvalue weighted by atomic mass is 10.0. The van der Waals surface area contributed by atoms with Crippen molar-refractivity contribution in [2.45, 2.75) is 13.8 Å². The molecule has 6 nitrogen and oxygen atoms in total. The number of halogens is 1. The second-order valence-electron chi connectivity index (χ2n) is 8.72. The Balaban J connectivity index is 1.46. The normalized spacial score (nSPS) is 11.2. The highest BCUT2D eigenvalue weighted by Gasteiger charge is 2.13. The number of benzene rings is 3. The predicted molar refractivity (Wildman–Crippen MR) is 150 cm³/mol. The fourth-order valence-electron chi connectivity index (χ4n) is 3.84. The number of pyridine rings is 1. The van der Waals surface area contributed by atoms with Gasteiger partial charge in [-0.1, -0.05) is 75.6 Å². The molecule has 0 saturated heterocycles. The molecule has 0 aliphatic heterocycles. The van der Waals surface area contributed by atoms with Crippen molar-refractivity contribution in [3.05, 3.63) is 122 Å². The molecule has 1 amide bonds. The van der Waals surface area contributed by atoms with Gasteiger partial charge in [-0.15, -0.1) is 0 Å². The minimum absolute atomic E-state index is 0.223. The summed E-state index contributed by atoms with van der Waals surface area (Å²) in [5.41, 5.74) is 8.79. The van der Waals surface area contributed by atoms with E-state index >= 15 is 0 Å². The first-order valence-corrected chi connectivity index (χ1v) is 12.4. The van der Waals surface area contributed by atoms with Crippen LogP contribution in [0.4, 0.5) is 0 Å². The van der Waals surface area contributed by atoms with E-state index in [9.17, 15) is 9.59 Å². The lowest BCUT2D eigenvalue weighted by Gasteiger charge is -2.10. The van der Waals surface area contributed by atoms with Crippen molar-refractivity contribution < 1.29 is 9.21 Å². The number of nitrogens with one attached hydrogen (secondary N) is 1. The summed E-state index contributed by atoms with van der Waals surface area (Å²) in [6.45, 7) is 4.04. The van der Waals surface area contributed by atoms with Crippen LogP contribution in [0.3, 0.4) is 0 Å². The van der Waals surface area contributed by atoms with E-state index in [2.05, 4.69) is 26.5 Å². The van der Waals surface area contributed by atoms with Crippen molar-refractivity contribution in [2.24, 2.45) is 5.10 Å². The number of carbonyl (C=O) groups is 1. The molecule has 0 unspecified atom stereocenters. The van der Waals surface area contributed by atoms with Gasteiger partial charge in [0.25, 0.3) is 5.91 Å². The minimum atomic E-state index is -0.423. The van der Waals surface area contributed by atoms with Crippen LogP contribution in [0.25, 0.3) is 33.5 Å². The van der Waals surface area contributed by atoms with Gasteiger partial charge in [0.05, 0.1) is 28.6 Å². The largest absolute Gasteiger partial charge is 0.463 e. The van der Waals surface area contributed by atoms with Gasteiger partial charge in [0.15, 0.2) is 0 Å². The molecular weight excluding hydrogens is 530 g/mol. The maximum atomic E-state index is 13.1. The standard InChI is InChI=1S/C30H22BrN3O3/c1-18-3-7-20(8-4-18)26-13-22(14-27(33-26)21-9-5-19(2)6-10-21)30(36)34-32-16-23-17-37-28-12-11-24(31)15-25(28)29(23)35/h3-17H,1-2H3,(H,34,36)/b32-16+. The average molecular weight is 552 g/mol. The third kappa shape index (κ3) is 5.42. The molecule has 0 spiro atoms. The molecule has 182 valence electrons. The number of rotatable bonds is 5. The molecule has 7 heteroatoms. The number of aryl methyl sites for hydroxylation is 2. The van der Waals surface area contributed by atoms with Gasteiger partial charge >= 0.3 is 0 Å². The molecule has 0 bridgehead atoms. The van der Waals surface area contributed by atoms with Crippen LogP contribution in [0.1, 0.15) is 27.0 Å². The monoisotopic (exact) mass is 551 g/mol. The summed E-state index contributed by atoms with van der Waals surface area (Å²) in [6.07, 6.45) is 2.61. The molecule has 5 aromatic rings. The van der Waals surface area contributed by atoms with E-state index in [1.165, 1.54) is 12.5 Å². The number of carbonyl (C=O) groups excluding carboxylic acids is 1. The molecule has 0 radical (unpaired) electrons. The number of fused-ring (bicyclic) bond motifs is 1. The number of hydrazone groups is 1. The van der Waals surface area contributed by atoms with Crippen molar-refractivity contribution >= 4 is 39.0 Å². The molecule has 2 heterocycles. The quantitative estimate of drug-likeness (QED) is 0.195. The van der Waals surface area contributed by atoms with Crippen molar-refractivity contribution in [3.63, 3.8) is 0 Å². The van der Waals surface area contributed by atoms with Gasteiger partial charge in [-0.25, -0.2) is 10.4 Å². The molecule has 0 aliphatic rings. The molecule has 0 saturated carbocycles. The first-order valence-electron chi connectivity index (χ1n) is 11.6. The van der Waals surface area contributed by atoms with Crippen LogP contribution in [0.2, 0.25) is 0 Å². The van der Waals surface area contributed by atoms with Gasteiger partial charge in [-0.3, -0.25) is 9.59 Å². The van der Waals surface area contributed by atoms with Gasteiger partial charge in [0.1, 0.15) is 11.8 Å². The van der Waals surface area contributed by atoms with Crippen LogP contribution in [0, 0.1) is 13.8 Å². The number of hydrogen-bond donors (Lipinski definition) is 1. The molecule has 1 N–H and O–H groups in total. The van der Waals surface area contributed by atoms with Gasteiger partial charge in [0, 0.05) is 21.2 Å². The highest BCUT2D eigenvalue weighted by molar-refractivity contribution is 9.10. The van der Waals surface area contributed by atoms with Crippen LogP contribution in [-0.2, 0) is 0 Å². The van der Waals surface area contributed by atoms with E-state index in [0.29, 0.717) is 27.9 Å². The molecule has 3 aromatic carbocycles. The second-order valence-corrected chi connectivity index (χ2v) is 9.63. The summed E-state index contributed by atoms with van der Waals surface area (Å²) < 4.78 is 6.30. The van der Waals surface area contributed by atoms with E-state index in [-0.39, 0.29) is 11.0 Å². The van der Waals surface area contributed by atoms with Crippen LogP contribution in [-0.4, -0.2) is 17.1 Å². The summed E-state index contributed by atoms with van der Waals surface area (Å²) in [5.74, 6) is -0.423. The van der Waals surface area contributed by atoms with Crippen LogP contribution >= 0.6 is 15.9 Å². The fraction of sp³-hybridized carbons (Fsp3) is 0.0667. The predicted octanol–water partition coefficient (Wildman–Crippen LogP) is 6.67. The molecule has 2 aromatic heterocycles. The Bertz CT molecular complexity index is 1640. The summed E-state index contributed by atoms with van der Waals surface area (Å²) >= 11 is 3.36. The lowest BCUT2D eigenvalue weighted by Crippen LogP contribution is -2.19. The van der Waals surface area contributed by atoms with Gasteiger partial charge in [-0.05, 0) is 44.2 Å². The summed E-state index contributed by atoms with van der Waals surface area (Å²) in [6, 6.07) is 24.6.